The second kappa shape index (κ2) is 35.1. The van der Waals surface area contributed by atoms with Crippen LogP contribution in [0.5, 0.6) is 0 Å². The molecule has 304 valence electrons. The number of carbonyl (C=O) groups is 1. The van der Waals surface area contributed by atoms with E-state index in [1.807, 2.05) is 27.2 Å². The first-order chi connectivity index (χ1) is 24.6. The summed E-state index contributed by atoms with van der Waals surface area (Å²) < 4.78 is 29.8. The summed E-state index contributed by atoms with van der Waals surface area (Å²) in [6.45, 7) is 4.71. The van der Waals surface area contributed by atoms with E-state index in [2.05, 4.69) is 13.8 Å². The predicted octanol–water partition coefficient (Wildman–Crippen LogP) is 11.7. The predicted molar refractivity (Wildman–Crippen MR) is 215 cm³/mol. The lowest BCUT2D eigenvalue weighted by molar-refractivity contribution is -0.870. The van der Waals surface area contributed by atoms with Gasteiger partial charge in [-0.05, 0) is 25.3 Å². The number of phosphoric acid groups is 1. The van der Waals surface area contributed by atoms with Crippen molar-refractivity contribution in [2.75, 3.05) is 47.5 Å². The van der Waals surface area contributed by atoms with Gasteiger partial charge in [0.2, 0.25) is 0 Å². The van der Waals surface area contributed by atoms with Crippen molar-refractivity contribution < 1.29 is 37.6 Å². The minimum absolute atomic E-state index is 0.00692. The third-order valence-electron chi connectivity index (χ3n) is 9.63. The Hall–Kier alpha value is -0.600. The van der Waals surface area contributed by atoms with Crippen LogP contribution >= 0.6 is 7.82 Å². The molecule has 2 unspecified atom stereocenters. The number of ketones is 1. The van der Waals surface area contributed by atoms with Crippen LogP contribution in [0.25, 0.3) is 0 Å². The third-order valence-corrected chi connectivity index (χ3v) is 10.7. The quantitative estimate of drug-likeness (QED) is 0.0278. The molecule has 0 saturated carbocycles. The van der Waals surface area contributed by atoms with E-state index in [4.69, 9.17) is 13.8 Å². The highest BCUT2D eigenvalue weighted by molar-refractivity contribution is 7.47. The maximum Gasteiger partial charge on any atom is 0.472 e. The van der Waals surface area contributed by atoms with Crippen LogP contribution in [0.4, 0.5) is 0 Å². The molecule has 0 aromatic carbocycles. The Kier molecular flexibility index (Phi) is 34.7. The summed E-state index contributed by atoms with van der Waals surface area (Å²) in [6, 6.07) is 0. The number of hydrogen-bond acceptors (Lipinski definition) is 6. The molecule has 0 aliphatic rings. The summed E-state index contributed by atoms with van der Waals surface area (Å²) in [5, 5.41) is 10.1. The van der Waals surface area contributed by atoms with Gasteiger partial charge in [-0.2, -0.15) is 0 Å². The van der Waals surface area contributed by atoms with Gasteiger partial charge in [0.05, 0.1) is 27.7 Å². The molecule has 0 saturated heterocycles. The number of carbonyl (C=O) groups excluding carboxylic acids is 1. The highest BCUT2D eigenvalue weighted by Crippen LogP contribution is 2.45. The molecule has 0 spiro atoms. The van der Waals surface area contributed by atoms with Gasteiger partial charge in [-0.15, -0.1) is 0 Å². The molecule has 2 N–H and O–H groups in total. The van der Waals surface area contributed by atoms with Crippen molar-refractivity contribution in [3.63, 3.8) is 0 Å². The Balaban J connectivity index is 4.60. The van der Waals surface area contributed by atoms with Crippen LogP contribution in [-0.4, -0.2) is 80.0 Å². The minimum atomic E-state index is -4.51. The van der Waals surface area contributed by atoms with Crippen molar-refractivity contribution in [1.29, 1.82) is 0 Å². The van der Waals surface area contributed by atoms with Crippen LogP contribution in [-0.2, 0) is 23.1 Å². The van der Waals surface area contributed by atoms with Crippen molar-refractivity contribution in [3.05, 3.63) is 12.2 Å². The summed E-state index contributed by atoms with van der Waals surface area (Å²) in [4.78, 5) is 23.6. The molecule has 0 rings (SSSR count). The van der Waals surface area contributed by atoms with Crippen molar-refractivity contribution >= 4 is 13.6 Å². The highest BCUT2D eigenvalue weighted by Gasteiger charge is 2.35. The van der Waals surface area contributed by atoms with Gasteiger partial charge in [0, 0.05) is 6.61 Å². The van der Waals surface area contributed by atoms with E-state index in [1.165, 1.54) is 147 Å². The van der Waals surface area contributed by atoms with Gasteiger partial charge in [0.15, 0.2) is 5.78 Å². The van der Waals surface area contributed by atoms with Gasteiger partial charge in [0.25, 0.3) is 0 Å². The lowest BCUT2D eigenvalue weighted by Gasteiger charge is -2.27. The molecule has 0 fully saturated rings. The van der Waals surface area contributed by atoms with Crippen LogP contribution in [0.3, 0.4) is 0 Å². The first-order valence-corrected chi connectivity index (χ1v) is 22.9. The fourth-order valence-corrected chi connectivity index (χ4v) is 7.16. The number of allylic oxidation sites excluding steroid dienone is 1. The summed E-state index contributed by atoms with van der Waals surface area (Å²) in [5.41, 5.74) is 0. The van der Waals surface area contributed by atoms with Gasteiger partial charge in [0.1, 0.15) is 25.4 Å². The first-order valence-electron chi connectivity index (χ1n) is 21.4. The number of rotatable bonds is 40. The van der Waals surface area contributed by atoms with Gasteiger partial charge >= 0.3 is 7.82 Å². The Labute approximate surface area is 316 Å². The molecule has 0 aromatic heterocycles. The number of nitrogens with zero attached hydrogens (tertiary/aromatic N) is 1. The number of quaternary nitrogens is 1. The molecule has 51 heavy (non-hydrogen) atoms. The maximum atomic E-state index is 13.3. The fraction of sp³-hybridized carbons (Fsp3) is 0.929. The summed E-state index contributed by atoms with van der Waals surface area (Å²) >= 11 is 0. The Bertz CT molecular complexity index is 848. The maximum absolute atomic E-state index is 13.3. The largest absolute Gasteiger partial charge is 0.472 e. The number of hydrogen-bond donors (Lipinski definition) is 2. The Morgan fingerprint density at radius 2 is 1.02 bits per heavy atom. The summed E-state index contributed by atoms with van der Waals surface area (Å²) in [5.74, 6) is -0.361. The lowest BCUT2D eigenvalue weighted by Crippen LogP contribution is -2.40. The fourth-order valence-electron chi connectivity index (χ4n) is 6.27. The van der Waals surface area contributed by atoms with Crippen LogP contribution in [0, 0.1) is 0 Å². The second-order valence-electron chi connectivity index (χ2n) is 15.9. The van der Waals surface area contributed by atoms with Crippen LogP contribution < -0.4 is 0 Å². The molecule has 0 aromatic rings. The molecule has 0 heterocycles. The normalized spacial score (nSPS) is 14.6. The Morgan fingerprint density at radius 3 is 1.41 bits per heavy atom. The molecule has 0 radical (unpaired) electrons. The third kappa shape index (κ3) is 34.9. The standard InChI is InChI=1S/C42H84NO7P/c1-6-8-10-12-14-16-18-20-22-23-25-27-29-31-33-35-40(45)42(41(39-44)50-51(46,47)49-38-36-43(3,4)5)48-37-34-32-30-28-26-24-21-19-17-15-13-11-9-7-2/h33,35,41-42,44H,6-32,34,36-39H2,1-5H3/p+1/t41-,42?/m0/s1. The average molecular weight is 747 g/mol. The number of ether oxygens (including phenoxy) is 1. The van der Waals surface area contributed by atoms with E-state index in [-0.39, 0.29) is 12.4 Å². The zero-order valence-electron chi connectivity index (χ0n) is 34.3. The van der Waals surface area contributed by atoms with Gasteiger partial charge in [-0.1, -0.05) is 180 Å². The Morgan fingerprint density at radius 1 is 0.627 bits per heavy atom. The number of aliphatic hydroxyl groups is 1. The number of phosphoric ester groups is 1. The van der Waals surface area contributed by atoms with Crippen LogP contribution in [0.15, 0.2) is 12.2 Å². The molecule has 0 aliphatic heterocycles. The summed E-state index contributed by atoms with van der Waals surface area (Å²) in [7, 11) is 1.35. The van der Waals surface area contributed by atoms with E-state index in [9.17, 15) is 19.4 Å². The number of likely N-dealkylation sites (N-methyl/N-ethyl adjacent to an activating group) is 1. The summed E-state index contributed by atoms with van der Waals surface area (Å²) in [6.07, 6.45) is 35.9. The van der Waals surface area contributed by atoms with Crippen LogP contribution in [0.1, 0.15) is 194 Å². The van der Waals surface area contributed by atoms with E-state index in [1.54, 1.807) is 0 Å². The van der Waals surface area contributed by atoms with Crippen molar-refractivity contribution in [2.45, 2.75) is 206 Å². The average Bonchev–Trinajstić information content (AvgIpc) is 3.08. The molecule has 0 bridgehead atoms. The second-order valence-corrected chi connectivity index (χ2v) is 17.3. The van der Waals surface area contributed by atoms with Crippen molar-refractivity contribution in [1.82, 2.24) is 0 Å². The number of unbranched alkanes of at least 4 members (excludes halogenated alkanes) is 26. The van der Waals surface area contributed by atoms with Crippen LogP contribution in [0.2, 0.25) is 0 Å². The molecule has 8 nitrogen and oxygen atoms in total. The molecule has 9 heteroatoms. The van der Waals surface area contributed by atoms with E-state index >= 15 is 0 Å². The first kappa shape index (κ1) is 50.4. The minimum Gasteiger partial charge on any atom is -0.394 e. The van der Waals surface area contributed by atoms with Gasteiger partial charge in [-0.3, -0.25) is 13.8 Å². The smallest absolute Gasteiger partial charge is 0.394 e. The van der Waals surface area contributed by atoms with E-state index in [0.29, 0.717) is 17.6 Å². The zero-order chi connectivity index (χ0) is 37.9. The molecule has 3 atom stereocenters. The van der Waals surface area contributed by atoms with E-state index < -0.39 is 26.6 Å². The van der Waals surface area contributed by atoms with Gasteiger partial charge < -0.3 is 19.2 Å². The van der Waals surface area contributed by atoms with Crippen molar-refractivity contribution in [2.24, 2.45) is 0 Å². The topological polar surface area (TPSA) is 102 Å². The SMILES string of the molecule is CCCCCCCCCCCCCCCC=CC(=O)C(OCCCCCCCCCCCCCCCC)[C@H](CO)OP(=O)(O)OCC[N+](C)(C)C. The highest BCUT2D eigenvalue weighted by atomic mass is 31.2. The monoisotopic (exact) mass is 747 g/mol. The lowest BCUT2D eigenvalue weighted by atomic mass is 10.0. The molecule has 0 amide bonds. The molecular weight excluding hydrogens is 661 g/mol. The van der Waals surface area contributed by atoms with Crippen molar-refractivity contribution in [3.8, 4) is 0 Å². The molecular formula is C42H85NO7P+. The van der Waals surface area contributed by atoms with E-state index in [0.717, 1.165) is 38.5 Å². The number of aliphatic hydroxyl groups excluding tert-OH is 1. The molecule has 0 aliphatic carbocycles. The zero-order valence-corrected chi connectivity index (χ0v) is 35.2. The van der Waals surface area contributed by atoms with Gasteiger partial charge in [-0.25, -0.2) is 4.57 Å².